The number of hydrogen-bond donors (Lipinski definition) is 0. The van der Waals surface area contributed by atoms with Crippen molar-refractivity contribution < 1.29 is 14.2 Å². The summed E-state index contributed by atoms with van der Waals surface area (Å²) in [6.45, 7) is 5.34. The van der Waals surface area contributed by atoms with E-state index in [1.165, 1.54) is 0 Å². The third kappa shape index (κ3) is 1.94. The van der Waals surface area contributed by atoms with Gasteiger partial charge in [0, 0.05) is 19.6 Å². The highest BCUT2D eigenvalue weighted by molar-refractivity contribution is 4.61. The Bertz CT molecular complexity index is 78.9. The van der Waals surface area contributed by atoms with Crippen molar-refractivity contribution in [3.63, 3.8) is 0 Å². The van der Waals surface area contributed by atoms with E-state index < -0.39 is 0 Å². The summed E-state index contributed by atoms with van der Waals surface area (Å²) in [7, 11) is 0. The summed E-state index contributed by atoms with van der Waals surface area (Å²) in [5, 5.41) is 0. The summed E-state index contributed by atoms with van der Waals surface area (Å²) in [6.07, 6.45) is 0.852. The van der Waals surface area contributed by atoms with Gasteiger partial charge in [0.25, 0.3) is 0 Å². The minimum Gasteiger partial charge on any atom is -0.353 e. The van der Waals surface area contributed by atoms with Crippen LogP contribution in [0.15, 0.2) is 0 Å². The first-order valence-electron chi connectivity index (χ1n) is 3.75. The summed E-state index contributed by atoms with van der Waals surface area (Å²) in [5.41, 5.74) is 0. The molecule has 0 aromatic rings. The molecule has 3 nitrogen and oxygen atoms in total. The predicted molar refractivity (Wildman–Crippen MR) is 36.5 cm³/mol. The first kappa shape index (κ1) is 7.98. The lowest BCUT2D eigenvalue weighted by molar-refractivity contribution is -0.332. The van der Waals surface area contributed by atoms with Crippen molar-refractivity contribution in [3.05, 3.63) is 0 Å². The molecule has 1 aliphatic rings. The Balaban J connectivity index is 1.95. The Labute approximate surface area is 61.3 Å². The Morgan fingerprint density at radius 3 is 1.90 bits per heavy atom. The van der Waals surface area contributed by atoms with E-state index in [4.69, 9.17) is 14.2 Å². The molecule has 10 heavy (non-hydrogen) atoms. The van der Waals surface area contributed by atoms with Gasteiger partial charge in [-0.2, -0.15) is 0 Å². The lowest BCUT2D eigenvalue weighted by Gasteiger charge is -2.34. The van der Waals surface area contributed by atoms with Crippen LogP contribution < -0.4 is 0 Å². The molecule has 1 heterocycles. The van der Waals surface area contributed by atoms with Crippen molar-refractivity contribution in [2.45, 2.75) is 32.8 Å². The Morgan fingerprint density at radius 2 is 1.60 bits per heavy atom. The summed E-state index contributed by atoms with van der Waals surface area (Å²) < 4.78 is 15.5. The molecule has 1 rings (SSSR count). The second-order valence-corrected chi connectivity index (χ2v) is 2.14. The van der Waals surface area contributed by atoms with E-state index in [-0.39, 0.29) is 12.6 Å². The zero-order valence-electron chi connectivity index (χ0n) is 6.50. The van der Waals surface area contributed by atoms with Crippen molar-refractivity contribution in [1.82, 2.24) is 0 Å². The van der Waals surface area contributed by atoms with E-state index in [0.29, 0.717) is 13.2 Å². The third-order valence-electron chi connectivity index (χ3n) is 1.39. The van der Waals surface area contributed by atoms with Gasteiger partial charge < -0.3 is 14.2 Å². The second-order valence-electron chi connectivity index (χ2n) is 2.14. The van der Waals surface area contributed by atoms with Gasteiger partial charge in [-0.05, 0) is 13.8 Å². The molecule has 0 radical (unpaired) electrons. The highest BCUT2D eigenvalue weighted by Gasteiger charge is 2.30. The lowest BCUT2D eigenvalue weighted by atomic mass is 10.3. The average Bonchev–Trinajstić information content (AvgIpc) is 1.84. The van der Waals surface area contributed by atoms with Gasteiger partial charge in [-0.25, -0.2) is 0 Å². The maximum atomic E-state index is 5.18. The Kier molecular flexibility index (Phi) is 3.12. The number of rotatable bonds is 4. The van der Waals surface area contributed by atoms with Gasteiger partial charge in [-0.15, -0.1) is 0 Å². The molecule has 0 aliphatic carbocycles. The molecule has 0 aromatic carbocycles. The monoisotopic (exact) mass is 146 g/mol. The fourth-order valence-corrected chi connectivity index (χ4v) is 0.902. The van der Waals surface area contributed by atoms with Crippen LogP contribution in [0.5, 0.6) is 0 Å². The molecule has 0 aromatic heterocycles. The zero-order valence-corrected chi connectivity index (χ0v) is 6.50. The van der Waals surface area contributed by atoms with Crippen LogP contribution in [0.4, 0.5) is 0 Å². The van der Waals surface area contributed by atoms with Crippen molar-refractivity contribution in [1.29, 1.82) is 0 Å². The van der Waals surface area contributed by atoms with Crippen LogP contribution in [0.25, 0.3) is 0 Å². The van der Waals surface area contributed by atoms with E-state index in [2.05, 4.69) is 0 Å². The minimum atomic E-state index is -0.0125. The average molecular weight is 146 g/mol. The van der Waals surface area contributed by atoms with Crippen molar-refractivity contribution in [3.8, 4) is 0 Å². The summed E-state index contributed by atoms with van der Waals surface area (Å²) in [6, 6.07) is 0. The van der Waals surface area contributed by atoms with Gasteiger partial charge in [0.05, 0.1) is 0 Å². The van der Waals surface area contributed by atoms with E-state index in [0.717, 1.165) is 6.42 Å². The molecular formula is C7H14O3. The lowest BCUT2D eigenvalue weighted by Crippen LogP contribution is -2.40. The van der Waals surface area contributed by atoms with Gasteiger partial charge in [-0.3, -0.25) is 0 Å². The van der Waals surface area contributed by atoms with E-state index >= 15 is 0 Å². The Hall–Kier alpha value is -0.120. The van der Waals surface area contributed by atoms with E-state index in [1.807, 2.05) is 13.8 Å². The van der Waals surface area contributed by atoms with Crippen LogP contribution in [-0.2, 0) is 14.2 Å². The van der Waals surface area contributed by atoms with Crippen molar-refractivity contribution in [2.24, 2.45) is 0 Å². The molecule has 0 bridgehead atoms. The largest absolute Gasteiger partial charge is 0.353 e. The molecule has 60 valence electrons. The number of hydrogen-bond acceptors (Lipinski definition) is 3. The molecule has 0 saturated carbocycles. The fraction of sp³-hybridized carbons (Fsp3) is 1.00. The van der Waals surface area contributed by atoms with Crippen LogP contribution in [0.3, 0.4) is 0 Å². The van der Waals surface area contributed by atoms with Crippen LogP contribution in [0.2, 0.25) is 0 Å². The van der Waals surface area contributed by atoms with E-state index in [1.54, 1.807) is 0 Å². The second kappa shape index (κ2) is 3.91. The molecular weight excluding hydrogens is 132 g/mol. The molecule has 3 heteroatoms. The highest BCUT2D eigenvalue weighted by atomic mass is 16.8. The van der Waals surface area contributed by atoms with Crippen LogP contribution >= 0.6 is 0 Å². The molecule has 1 saturated heterocycles. The molecule has 1 aliphatic heterocycles. The van der Waals surface area contributed by atoms with Crippen LogP contribution in [0, 0.1) is 0 Å². The first-order valence-corrected chi connectivity index (χ1v) is 3.75. The highest BCUT2D eigenvalue weighted by Crippen LogP contribution is 2.21. The normalized spacial score (nSPS) is 31.8. The standard InChI is InChI=1S/C7H14O3/c1-3-8-6-5-7(10-6)9-4-2/h6-7H,3-5H2,1-2H3. The first-order chi connectivity index (χ1) is 4.86. The van der Waals surface area contributed by atoms with Gasteiger partial charge >= 0.3 is 0 Å². The summed E-state index contributed by atoms with van der Waals surface area (Å²) in [5.74, 6) is 0. The topological polar surface area (TPSA) is 27.7 Å². The fourth-order valence-electron chi connectivity index (χ4n) is 0.902. The predicted octanol–water partition coefficient (Wildman–Crippen LogP) is 1.13. The molecule has 2 unspecified atom stereocenters. The summed E-state index contributed by atoms with van der Waals surface area (Å²) in [4.78, 5) is 0. The Morgan fingerprint density at radius 1 is 1.20 bits per heavy atom. The minimum absolute atomic E-state index is 0.0125. The molecule has 0 spiro atoms. The smallest absolute Gasteiger partial charge is 0.165 e. The SMILES string of the molecule is CCOC1CC(OCC)O1. The number of ether oxygens (including phenoxy) is 3. The molecule has 2 atom stereocenters. The zero-order chi connectivity index (χ0) is 7.40. The molecule has 0 amide bonds. The van der Waals surface area contributed by atoms with E-state index in [9.17, 15) is 0 Å². The van der Waals surface area contributed by atoms with Gasteiger partial charge in [0.2, 0.25) is 0 Å². The maximum absolute atomic E-state index is 5.18. The quantitative estimate of drug-likeness (QED) is 0.595. The third-order valence-corrected chi connectivity index (χ3v) is 1.39. The van der Waals surface area contributed by atoms with Gasteiger partial charge in [0.15, 0.2) is 12.6 Å². The van der Waals surface area contributed by atoms with Crippen LogP contribution in [0.1, 0.15) is 20.3 Å². The molecule has 0 N–H and O–H groups in total. The molecule has 1 fully saturated rings. The van der Waals surface area contributed by atoms with Crippen LogP contribution in [-0.4, -0.2) is 25.8 Å². The maximum Gasteiger partial charge on any atom is 0.165 e. The summed E-state index contributed by atoms with van der Waals surface area (Å²) >= 11 is 0. The van der Waals surface area contributed by atoms with Crippen molar-refractivity contribution >= 4 is 0 Å². The van der Waals surface area contributed by atoms with Crippen molar-refractivity contribution in [2.75, 3.05) is 13.2 Å². The van der Waals surface area contributed by atoms with Gasteiger partial charge in [-0.1, -0.05) is 0 Å². The van der Waals surface area contributed by atoms with Gasteiger partial charge in [0.1, 0.15) is 0 Å².